The molecular weight excluding hydrogens is 348 g/mol. The molecule has 3 heterocycles. The first-order valence-electron chi connectivity index (χ1n) is 7.77. The number of aromatic nitrogens is 2. The van der Waals surface area contributed by atoms with E-state index in [-0.39, 0.29) is 17.7 Å². The Morgan fingerprint density at radius 2 is 2.04 bits per heavy atom. The summed E-state index contributed by atoms with van der Waals surface area (Å²) in [6.07, 6.45) is 2.95. The summed E-state index contributed by atoms with van der Waals surface area (Å²) in [6.45, 7) is 1.16. The molecule has 0 unspecified atom stereocenters. The fourth-order valence-electron chi connectivity index (χ4n) is 2.95. The average Bonchev–Trinajstić information content (AvgIpc) is 3.22. The number of likely N-dealkylation sites (tertiary alicyclic amines) is 1. The Labute approximate surface area is 149 Å². The van der Waals surface area contributed by atoms with Crippen molar-refractivity contribution < 1.29 is 9.59 Å². The summed E-state index contributed by atoms with van der Waals surface area (Å²) in [4.78, 5) is 29.2. The normalized spacial score (nSPS) is 15.5. The van der Waals surface area contributed by atoms with E-state index >= 15 is 0 Å². The van der Waals surface area contributed by atoms with E-state index in [4.69, 9.17) is 11.6 Å². The number of halogens is 1. The average molecular weight is 367 g/mol. The second-order valence-electron chi connectivity index (χ2n) is 6.06. The highest BCUT2D eigenvalue weighted by Crippen LogP contribution is 2.32. The number of rotatable bonds is 3. The lowest BCUT2D eigenvalue weighted by Gasteiger charge is -2.32. The molecule has 2 aromatic heterocycles. The minimum absolute atomic E-state index is 0.00368. The molecule has 1 fully saturated rings. The lowest BCUT2D eigenvalue weighted by Crippen LogP contribution is -2.42. The van der Waals surface area contributed by atoms with Crippen molar-refractivity contribution in [2.75, 3.05) is 27.2 Å². The first kappa shape index (κ1) is 17.0. The minimum Gasteiger partial charge on any atom is -0.349 e. The summed E-state index contributed by atoms with van der Waals surface area (Å²) >= 11 is 7.39. The van der Waals surface area contributed by atoms with Gasteiger partial charge in [0, 0.05) is 33.1 Å². The Bertz CT molecular complexity index is 747. The molecule has 1 aliphatic rings. The number of aromatic amines is 1. The van der Waals surface area contributed by atoms with Gasteiger partial charge in [-0.15, -0.1) is 11.3 Å². The molecule has 0 atom stereocenters. The van der Waals surface area contributed by atoms with E-state index in [1.54, 1.807) is 36.2 Å². The van der Waals surface area contributed by atoms with Gasteiger partial charge < -0.3 is 9.80 Å². The van der Waals surface area contributed by atoms with Crippen LogP contribution < -0.4 is 0 Å². The van der Waals surface area contributed by atoms with Crippen molar-refractivity contribution in [3.8, 4) is 10.6 Å². The van der Waals surface area contributed by atoms with Crippen molar-refractivity contribution in [2.24, 2.45) is 5.92 Å². The van der Waals surface area contributed by atoms with E-state index in [9.17, 15) is 9.59 Å². The zero-order valence-corrected chi connectivity index (χ0v) is 15.2. The molecule has 128 valence electrons. The van der Waals surface area contributed by atoms with E-state index < -0.39 is 0 Å². The summed E-state index contributed by atoms with van der Waals surface area (Å²) in [6, 6.07) is 3.67. The highest BCUT2D eigenvalue weighted by Gasteiger charge is 2.30. The monoisotopic (exact) mass is 366 g/mol. The van der Waals surface area contributed by atoms with Crippen LogP contribution in [-0.4, -0.2) is 59.0 Å². The van der Waals surface area contributed by atoms with Gasteiger partial charge in [-0.25, -0.2) is 0 Å². The van der Waals surface area contributed by atoms with Gasteiger partial charge >= 0.3 is 0 Å². The third-order valence-corrected chi connectivity index (χ3v) is 5.51. The van der Waals surface area contributed by atoms with Crippen molar-refractivity contribution in [3.05, 3.63) is 28.2 Å². The summed E-state index contributed by atoms with van der Waals surface area (Å²) < 4.78 is 0.668. The number of thiophene rings is 1. The fourth-order valence-corrected chi connectivity index (χ4v) is 4.00. The zero-order chi connectivity index (χ0) is 17.3. The molecule has 8 heteroatoms. The smallest absolute Gasteiger partial charge is 0.257 e. The van der Waals surface area contributed by atoms with Gasteiger partial charge in [0.2, 0.25) is 5.91 Å². The van der Waals surface area contributed by atoms with Gasteiger partial charge in [0.15, 0.2) is 0 Å². The highest BCUT2D eigenvalue weighted by molar-refractivity contribution is 7.19. The van der Waals surface area contributed by atoms with Gasteiger partial charge in [-0.3, -0.25) is 14.7 Å². The van der Waals surface area contributed by atoms with E-state index in [1.165, 1.54) is 11.3 Å². The van der Waals surface area contributed by atoms with Crippen molar-refractivity contribution in [1.29, 1.82) is 0 Å². The van der Waals surface area contributed by atoms with E-state index in [2.05, 4.69) is 10.2 Å². The predicted octanol–water partition coefficient (Wildman–Crippen LogP) is 2.73. The number of nitrogens with one attached hydrogen (secondary N) is 1. The number of nitrogens with zero attached hydrogens (tertiary/aromatic N) is 3. The quantitative estimate of drug-likeness (QED) is 0.908. The Kier molecular flexibility index (Phi) is 4.91. The molecule has 1 aliphatic heterocycles. The maximum Gasteiger partial charge on any atom is 0.257 e. The maximum atomic E-state index is 12.8. The number of H-pyrrole nitrogens is 1. The standard InChI is InChI=1S/C16H19ClN4O2S/c1-20(2)15(22)10-5-7-21(8-6-10)16(23)11-9-18-19-14(11)12-3-4-13(17)24-12/h3-4,9-10H,5-8H2,1-2H3,(H,18,19). The third-order valence-electron chi connectivity index (χ3n) is 4.26. The van der Waals surface area contributed by atoms with Gasteiger partial charge in [0.05, 0.1) is 26.7 Å². The lowest BCUT2D eigenvalue weighted by atomic mass is 9.95. The number of carbonyl (C=O) groups is 2. The van der Waals surface area contributed by atoms with Crippen LogP contribution in [0.2, 0.25) is 4.34 Å². The van der Waals surface area contributed by atoms with Crippen LogP contribution in [0.1, 0.15) is 23.2 Å². The molecule has 0 aliphatic carbocycles. The first-order valence-corrected chi connectivity index (χ1v) is 8.96. The number of hydrogen-bond donors (Lipinski definition) is 1. The Morgan fingerprint density at radius 1 is 1.33 bits per heavy atom. The van der Waals surface area contributed by atoms with Crippen LogP contribution >= 0.6 is 22.9 Å². The van der Waals surface area contributed by atoms with E-state index in [1.807, 2.05) is 6.07 Å². The molecule has 0 bridgehead atoms. The molecule has 2 amide bonds. The zero-order valence-electron chi connectivity index (χ0n) is 13.6. The Hall–Kier alpha value is -1.86. The highest BCUT2D eigenvalue weighted by atomic mass is 35.5. The van der Waals surface area contributed by atoms with Gasteiger partial charge in [-0.1, -0.05) is 11.6 Å². The van der Waals surface area contributed by atoms with Gasteiger partial charge in [0.25, 0.3) is 5.91 Å². The molecule has 3 rings (SSSR count). The molecule has 0 radical (unpaired) electrons. The van der Waals surface area contributed by atoms with E-state index in [0.29, 0.717) is 41.5 Å². The fraction of sp³-hybridized carbons (Fsp3) is 0.438. The second-order valence-corrected chi connectivity index (χ2v) is 7.78. The van der Waals surface area contributed by atoms with Gasteiger partial charge in [-0.05, 0) is 25.0 Å². The van der Waals surface area contributed by atoms with Crippen LogP contribution in [0.3, 0.4) is 0 Å². The maximum absolute atomic E-state index is 12.8. The van der Waals surface area contributed by atoms with Crippen molar-refractivity contribution in [2.45, 2.75) is 12.8 Å². The van der Waals surface area contributed by atoms with Crippen LogP contribution in [0.4, 0.5) is 0 Å². The number of hydrogen-bond acceptors (Lipinski definition) is 4. The van der Waals surface area contributed by atoms with Crippen molar-refractivity contribution in [1.82, 2.24) is 20.0 Å². The molecule has 1 N–H and O–H groups in total. The van der Waals surface area contributed by atoms with Gasteiger partial charge in [-0.2, -0.15) is 5.10 Å². The molecule has 0 saturated carbocycles. The van der Waals surface area contributed by atoms with Gasteiger partial charge in [0.1, 0.15) is 0 Å². The van der Waals surface area contributed by atoms with Crippen molar-refractivity contribution >= 4 is 34.8 Å². The molecular formula is C16H19ClN4O2S. The van der Waals surface area contributed by atoms with Crippen LogP contribution in [0.25, 0.3) is 10.6 Å². The molecule has 24 heavy (non-hydrogen) atoms. The summed E-state index contributed by atoms with van der Waals surface area (Å²) in [5.41, 5.74) is 1.24. The Morgan fingerprint density at radius 3 is 2.62 bits per heavy atom. The number of piperidine rings is 1. The number of amides is 2. The van der Waals surface area contributed by atoms with Crippen LogP contribution in [0.15, 0.2) is 18.3 Å². The molecule has 0 spiro atoms. The summed E-state index contributed by atoms with van der Waals surface area (Å²) in [5, 5.41) is 6.91. The summed E-state index contributed by atoms with van der Waals surface area (Å²) in [5.74, 6) is 0.0855. The van der Waals surface area contributed by atoms with Crippen molar-refractivity contribution in [3.63, 3.8) is 0 Å². The van der Waals surface area contributed by atoms with Crippen LogP contribution in [0, 0.1) is 5.92 Å². The predicted molar refractivity (Wildman–Crippen MR) is 94.2 cm³/mol. The van der Waals surface area contributed by atoms with E-state index in [0.717, 1.165) is 4.88 Å². The molecule has 1 saturated heterocycles. The molecule has 2 aromatic rings. The SMILES string of the molecule is CN(C)C(=O)C1CCN(C(=O)c2cn[nH]c2-c2ccc(Cl)s2)CC1. The topological polar surface area (TPSA) is 69.3 Å². The lowest BCUT2D eigenvalue weighted by molar-refractivity contribution is -0.134. The van der Waals surface area contributed by atoms with Crippen LogP contribution in [0.5, 0.6) is 0 Å². The molecule has 0 aromatic carbocycles. The largest absolute Gasteiger partial charge is 0.349 e. The minimum atomic E-state index is -0.0565. The first-order chi connectivity index (χ1) is 11.5. The Balaban J connectivity index is 1.71. The summed E-state index contributed by atoms with van der Waals surface area (Å²) in [7, 11) is 3.54. The third kappa shape index (κ3) is 3.32. The number of carbonyl (C=O) groups excluding carboxylic acids is 2. The second kappa shape index (κ2) is 6.94. The van der Waals surface area contributed by atoms with Crippen LogP contribution in [-0.2, 0) is 4.79 Å². The molecule has 6 nitrogen and oxygen atoms in total.